The van der Waals surface area contributed by atoms with E-state index in [2.05, 4.69) is 17.1 Å². The van der Waals surface area contributed by atoms with Gasteiger partial charge in [0.2, 0.25) is 5.91 Å². The number of carbonyl (C=O) groups is 1. The van der Waals surface area contributed by atoms with E-state index in [-0.39, 0.29) is 24.6 Å². The van der Waals surface area contributed by atoms with Crippen LogP contribution in [0.4, 0.5) is 0 Å². The van der Waals surface area contributed by atoms with Crippen molar-refractivity contribution in [2.75, 3.05) is 26.2 Å². The molecule has 23 heavy (non-hydrogen) atoms. The van der Waals surface area contributed by atoms with Gasteiger partial charge in [-0.15, -0.1) is 0 Å². The fourth-order valence-corrected chi connectivity index (χ4v) is 2.85. The Morgan fingerprint density at radius 1 is 1.39 bits per heavy atom. The molecule has 0 bridgehead atoms. The number of aromatic hydroxyl groups is 1. The van der Waals surface area contributed by atoms with Gasteiger partial charge in [-0.3, -0.25) is 4.79 Å². The highest BCUT2D eigenvalue weighted by molar-refractivity contribution is 5.78. The maximum absolute atomic E-state index is 11.9. The summed E-state index contributed by atoms with van der Waals surface area (Å²) >= 11 is 0. The first-order valence-electron chi connectivity index (χ1n) is 8.39. The summed E-state index contributed by atoms with van der Waals surface area (Å²) in [6.45, 7) is 7.00. The molecule has 0 aliphatic carbocycles. The van der Waals surface area contributed by atoms with E-state index in [0.29, 0.717) is 6.54 Å². The topological polar surface area (TPSA) is 72.8 Å². The van der Waals surface area contributed by atoms with Crippen LogP contribution in [-0.4, -0.2) is 53.3 Å². The summed E-state index contributed by atoms with van der Waals surface area (Å²) in [4.78, 5) is 14.2. The molecule has 1 amide bonds. The van der Waals surface area contributed by atoms with E-state index in [1.807, 2.05) is 13.0 Å². The third-order valence-electron chi connectivity index (χ3n) is 4.52. The zero-order chi connectivity index (χ0) is 16.8. The Hall–Kier alpha value is -1.59. The highest BCUT2D eigenvalue weighted by Gasteiger charge is 2.18. The van der Waals surface area contributed by atoms with E-state index >= 15 is 0 Å². The third kappa shape index (κ3) is 5.84. The Morgan fingerprint density at radius 3 is 2.74 bits per heavy atom. The van der Waals surface area contributed by atoms with Gasteiger partial charge in [0.15, 0.2) is 0 Å². The van der Waals surface area contributed by atoms with Gasteiger partial charge in [-0.25, -0.2) is 0 Å². The third-order valence-corrected chi connectivity index (χ3v) is 4.52. The molecular weight excluding hydrogens is 292 g/mol. The van der Waals surface area contributed by atoms with Crippen LogP contribution < -0.4 is 5.32 Å². The minimum absolute atomic E-state index is 0.139. The monoisotopic (exact) mass is 320 g/mol. The molecule has 1 unspecified atom stereocenters. The smallest absolute Gasteiger partial charge is 0.224 e. The second-order valence-corrected chi connectivity index (χ2v) is 6.74. The number of likely N-dealkylation sites (tertiary alicyclic amines) is 1. The fourth-order valence-electron chi connectivity index (χ4n) is 2.85. The highest BCUT2D eigenvalue weighted by atomic mass is 16.3. The van der Waals surface area contributed by atoms with Gasteiger partial charge in [0.1, 0.15) is 5.75 Å². The summed E-state index contributed by atoms with van der Waals surface area (Å²) in [7, 11) is 0. The number of aryl methyl sites for hydroxylation is 1. The lowest BCUT2D eigenvalue weighted by Crippen LogP contribution is -2.43. The summed E-state index contributed by atoms with van der Waals surface area (Å²) < 4.78 is 0. The van der Waals surface area contributed by atoms with Crippen LogP contribution in [-0.2, 0) is 11.2 Å². The summed E-state index contributed by atoms with van der Waals surface area (Å²) in [5.74, 6) is 0.836. The SMILES string of the molecule is Cc1ccc(CC(=O)NCC(O)CN2CCC(C)CC2)cc1O. The quantitative estimate of drug-likeness (QED) is 0.742. The molecule has 0 saturated carbocycles. The lowest BCUT2D eigenvalue weighted by molar-refractivity contribution is -0.121. The first-order valence-corrected chi connectivity index (χ1v) is 8.39. The van der Waals surface area contributed by atoms with Crippen molar-refractivity contribution in [3.63, 3.8) is 0 Å². The number of benzene rings is 1. The predicted octanol–water partition coefficient (Wildman–Crippen LogP) is 1.45. The number of nitrogens with one attached hydrogen (secondary N) is 1. The van der Waals surface area contributed by atoms with E-state index in [0.717, 1.165) is 30.1 Å². The normalized spacial score (nSPS) is 17.9. The van der Waals surface area contributed by atoms with Gasteiger partial charge in [-0.2, -0.15) is 0 Å². The van der Waals surface area contributed by atoms with E-state index < -0.39 is 6.10 Å². The zero-order valence-corrected chi connectivity index (χ0v) is 14.1. The highest BCUT2D eigenvalue weighted by Crippen LogP contribution is 2.18. The molecule has 128 valence electrons. The van der Waals surface area contributed by atoms with Crippen LogP contribution in [0.2, 0.25) is 0 Å². The van der Waals surface area contributed by atoms with Gasteiger partial charge in [0, 0.05) is 13.1 Å². The van der Waals surface area contributed by atoms with Gasteiger partial charge in [-0.1, -0.05) is 19.1 Å². The molecule has 1 aliphatic heterocycles. The number of aliphatic hydroxyl groups is 1. The van der Waals surface area contributed by atoms with Crippen LogP contribution in [0.25, 0.3) is 0 Å². The molecule has 1 aromatic rings. The number of hydrogen-bond donors (Lipinski definition) is 3. The first-order chi connectivity index (χ1) is 10.9. The summed E-state index contributed by atoms with van der Waals surface area (Å²) in [5, 5.41) is 22.5. The number of nitrogens with zero attached hydrogens (tertiary/aromatic N) is 1. The largest absolute Gasteiger partial charge is 0.508 e. The molecule has 5 heteroatoms. The Kier molecular flexibility index (Phi) is 6.42. The van der Waals surface area contributed by atoms with Crippen molar-refractivity contribution in [3.05, 3.63) is 29.3 Å². The van der Waals surface area contributed by atoms with Gasteiger partial charge in [-0.05, 0) is 56.0 Å². The minimum Gasteiger partial charge on any atom is -0.508 e. The molecular formula is C18H28N2O3. The van der Waals surface area contributed by atoms with Crippen LogP contribution in [0.5, 0.6) is 5.75 Å². The second-order valence-electron chi connectivity index (χ2n) is 6.74. The van der Waals surface area contributed by atoms with Gasteiger partial charge >= 0.3 is 0 Å². The van der Waals surface area contributed by atoms with Crippen molar-refractivity contribution in [1.29, 1.82) is 0 Å². The zero-order valence-electron chi connectivity index (χ0n) is 14.1. The fraction of sp³-hybridized carbons (Fsp3) is 0.611. The summed E-state index contributed by atoms with van der Waals surface area (Å²) in [6.07, 6.45) is 2.02. The number of phenols is 1. The van der Waals surface area contributed by atoms with Crippen molar-refractivity contribution >= 4 is 5.91 Å². The average Bonchev–Trinajstić information content (AvgIpc) is 2.51. The van der Waals surface area contributed by atoms with E-state index in [1.54, 1.807) is 12.1 Å². The van der Waals surface area contributed by atoms with Crippen LogP contribution in [0.15, 0.2) is 18.2 Å². The molecule has 1 aromatic carbocycles. The molecule has 0 aromatic heterocycles. The van der Waals surface area contributed by atoms with Crippen LogP contribution in [0.3, 0.4) is 0 Å². The van der Waals surface area contributed by atoms with Gasteiger partial charge in [0.05, 0.1) is 12.5 Å². The van der Waals surface area contributed by atoms with E-state index in [1.165, 1.54) is 12.8 Å². The summed E-state index contributed by atoms with van der Waals surface area (Å²) in [5.41, 5.74) is 1.56. The van der Waals surface area contributed by atoms with Crippen molar-refractivity contribution < 1.29 is 15.0 Å². The number of rotatable bonds is 6. The lowest BCUT2D eigenvalue weighted by atomic mass is 9.99. The molecule has 5 nitrogen and oxygen atoms in total. The molecule has 1 heterocycles. The van der Waals surface area contributed by atoms with Gasteiger partial charge < -0.3 is 20.4 Å². The van der Waals surface area contributed by atoms with Crippen LogP contribution in [0, 0.1) is 12.8 Å². The first kappa shape index (κ1) is 17.8. The van der Waals surface area contributed by atoms with Crippen molar-refractivity contribution in [2.45, 2.75) is 39.2 Å². The van der Waals surface area contributed by atoms with Crippen molar-refractivity contribution in [1.82, 2.24) is 10.2 Å². The molecule has 0 radical (unpaired) electrons. The Morgan fingerprint density at radius 2 is 2.09 bits per heavy atom. The minimum atomic E-state index is -0.543. The molecule has 3 N–H and O–H groups in total. The number of aliphatic hydroxyl groups excluding tert-OH is 1. The Labute approximate surface area is 138 Å². The molecule has 1 aliphatic rings. The average molecular weight is 320 g/mol. The maximum Gasteiger partial charge on any atom is 0.224 e. The molecule has 1 saturated heterocycles. The Bertz CT molecular complexity index is 525. The van der Waals surface area contributed by atoms with E-state index in [4.69, 9.17) is 0 Å². The number of hydrogen-bond acceptors (Lipinski definition) is 4. The lowest BCUT2D eigenvalue weighted by Gasteiger charge is -2.31. The molecule has 2 rings (SSSR count). The number of amides is 1. The number of phenolic OH excluding ortho intramolecular Hbond substituents is 1. The Balaban J connectivity index is 1.70. The van der Waals surface area contributed by atoms with Gasteiger partial charge in [0.25, 0.3) is 0 Å². The number of carbonyl (C=O) groups excluding carboxylic acids is 1. The van der Waals surface area contributed by atoms with Crippen molar-refractivity contribution in [2.24, 2.45) is 5.92 Å². The molecule has 1 atom stereocenters. The summed E-state index contributed by atoms with van der Waals surface area (Å²) in [6, 6.07) is 5.24. The predicted molar refractivity (Wildman–Crippen MR) is 90.4 cm³/mol. The number of piperidine rings is 1. The van der Waals surface area contributed by atoms with E-state index in [9.17, 15) is 15.0 Å². The van der Waals surface area contributed by atoms with Crippen LogP contribution in [0.1, 0.15) is 30.9 Å². The maximum atomic E-state index is 11.9. The molecule has 0 spiro atoms. The number of β-amino-alcohol motifs (C(OH)–C–C–N with tert-alkyl or cyclic N) is 1. The molecule has 1 fully saturated rings. The standard InChI is InChI=1S/C18H28N2O3/c1-13-5-7-20(8-6-13)12-16(21)11-19-18(23)10-15-4-3-14(2)17(22)9-15/h3-4,9,13,16,21-22H,5-8,10-12H2,1-2H3,(H,19,23). The van der Waals surface area contributed by atoms with Crippen LogP contribution >= 0.6 is 0 Å². The second kappa shape index (κ2) is 8.31. The van der Waals surface area contributed by atoms with Crippen molar-refractivity contribution in [3.8, 4) is 5.75 Å².